The SMILES string of the molecule is CC1(CCCCCC(O)CCCCCC2(CC(=O)O)CC2)CC1. The molecule has 0 bridgehead atoms. The van der Waals surface area contributed by atoms with Crippen LogP contribution in [0.2, 0.25) is 0 Å². The van der Waals surface area contributed by atoms with Crippen molar-refractivity contribution in [2.75, 3.05) is 0 Å². The highest BCUT2D eigenvalue weighted by atomic mass is 16.4. The van der Waals surface area contributed by atoms with Gasteiger partial charge in [0.25, 0.3) is 0 Å². The molecule has 23 heavy (non-hydrogen) atoms. The van der Waals surface area contributed by atoms with Gasteiger partial charge in [-0.2, -0.15) is 0 Å². The van der Waals surface area contributed by atoms with Crippen molar-refractivity contribution in [1.29, 1.82) is 0 Å². The van der Waals surface area contributed by atoms with Gasteiger partial charge in [0.15, 0.2) is 0 Å². The van der Waals surface area contributed by atoms with Gasteiger partial charge in [-0.05, 0) is 62.2 Å². The second kappa shape index (κ2) is 8.50. The van der Waals surface area contributed by atoms with Crippen molar-refractivity contribution in [3.05, 3.63) is 0 Å². The number of carbonyl (C=O) groups is 1. The summed E-state index contributed by atoms with van der Waals surface area (Å²) < 4.78 is 0. The van der Waals surface area contributed by atoms with Crippen LogP contribution in [0.3, 0.4) is 0 Å². The zero-order valence-corrected chi connectivity index (χ0v) is 15.0. The number of hydrogen-bond donors (Lipinski definition) is 2. The van der Waals surface area contributed by atoms with E-state index in [1.165, 1.54) is 38.5 Å². The number of aliphatic carboxylic acids is 1. The zero-order valence-electron chi connectivity index (χ0n) is 15.0. The molecule has 0 aliphatic heterocycles. The summed E-state index contributed by atoms with van der Waals surface area (Å²) in [5.41, 5.74) is 0.820. The van der Waals surface area contributed by atoms with Crippen molar-refractivity contribution >= 4 is 5.97 Å². The summed E-state index contributed by atoms with van der Waals surface area (Å²) in [6, 6.07) is 0. The van der Waals surface area contributed by atoms with Crippen LogP contribution >= 0.6 is 0 Å². The molecular formula is C20H36O3. The van der Waals surface area contributed by atoms with Gasteiger partial charge in [-0.3, -0.25) is 4.79 Å². The molecular weight excluding hydrogens is 288 g/mol. The fourth-order valence-electron chi connectivity index (χ4n) is 3.79. The molecule has 2 N–H and O–H groups in total. The van der Waals surface area contributed by atoms with Crippen molar-refractivity contribution < 1.29 is 15.0 Å². The van der Waals surface area contributed by atoms with E-state index in [4.69, 9.17) is 5.11 Å². The summed E-state index contributed by atoms with van der Waals surface area (Å²) in [4.78, 5) is 10.8. The molecule has 0 saturated heterocycles. The predicted molar refractivity (Wildman–Crippen MR) is 93.4 cm³/mol. The third kappa shape index (κ3) is 7.69. The van der Waals surface area contributed by atoms with Gasteiger partial charge in [0.05, 0.1) is 12.5 Å². The Labute approximate surface area is 141 Å². The average Bonchev–Trinajstić information content (AvgIpc) is 3.38. The summed E-state index contributed by atoms with van der Waals surface area (Å²) in [7, 11) is 0. The van der Waals surface area contributed by atoms with Gasteiger partial charge in [0, 0.05) is 0 Å². The number of aliphatic hydroxyl groups is 1. The van der Waals surface area contributed by atoms with Crippen molar-refractivity contribution in [1.82, 2.24) is 0 Å². The van der Waals surface area contributed by atoms with Gasteiger partial charge < -0.3 is 10.2 Å². The Kier molecular flexibility index (Phi) is 6.94. The molecule has 0 radical (unpaired) electrons. The predicted octanol–water partition coefficient (Wildman–Crippen LogP) is 5.30. The molecule has 3 nitrogen and oxygen atoms in total. The molecule has 1 unspecified atom stereocenters. The van der Waals surface area contributed by atoms with Gasteiger partial charge in [0.1, 0.15) is 0 Å². The molecule has 0 spiro atoms. The number of carboxylic acids is 1. The van der Waals surface area contributed by atoms with Crippen LogP contribution in [-0.2, 0) is 4.79 Å². The van der Waals surface area contributed by atoms with Gasteiger partial charge in [-0.1, -0.05) is 45.4 Å². The van der Waals surface area contributed by atoms with Crippen LogP contribution in [0.1, 0.15) is 103 Å². The van der Waals surface area contributed by atoms with Gasteiger partial charge in [0.2, 0.25) is 0 Å². The van der Waals surface area contributed by atoms with E-state index < -0.39 is 5.97 Å². The van der Waals surface area contributed by atoms with E-state index in [0.717, 1.165) is 51.4 Å². The summed E-state index contributed by atoms with van der Waals surface area (Å²) in [5.74, 6) is -0.645. The van der Waals surface area contributed by atoms with Crippen molar-refractivity contribution in [2.45, 2.75) is 109 Å². The lowest BCUT2D eigenvalue weighted by Crippen LogP contribution is -2.09. The van der Waals surface area contributed by atoms with Crippen LogP contribution in [0.4, 0.5) is 0 Å². The molecule has 2 aliphatic rings. The Balaban J connectivity index is 1.38. The summed E-state index contributed by atoms with van der Waals surface area (Å²) in [6.45, 7) is 2.39. The molecule has 0 aromatic rings. The lowest BCUT2D eigenvalue weighted by molar-refractivity contribution is -0.138. The van der Waals surface area contributed by atoms with Crippen LogP contribution in [0, 0.1) is 10.8 Å². The Morgan fingerprint density at radius 2 is 1.48 bits per heavy atom. The van der Waals surface area contributed by atoms with E-state index in [2.05, 4.69) is 6.92 Å². The number of rotatable bonds is 14. The van der Waals surface area contributed by atoms with Crippen LogP contribution in [-0.4, -0.2) is 22.3 Å². The second-order valence-electron chi connectivity index (χ2n) is 8.73. The summed E-state index contributed by atoms with van der Waals surface area (Å²) in [5, 5.41) is 18.9. The fourth-order valence-corrected chi connectivity index (χ4v) is 3.79. The highest BCUT2D eigenvalue weighted by Gasteiger charge is 2.43. The van der Waals surface area contributed by atoms with Crippen molar-refractivity contribution in [3.8, 4) is 0 Å². The second-order valence-corrected chi connectivity index (χ2v) is 8.73. The van der Waals surface area contributed by atoms with Crippen LogP contribution in [0.5, 0.6) is 0 Å². The van der Waals surface area contributed by atoms with E-state index in [9.17, 15) is 9.90 Å². The number of unbranched alkanes of at least 4 members (excludes halogenated alkanes) is 4. The molecule has 2 fully saturated rings. The maximum absolute atomic E-state index is 10.8. The molecule has 0 amide bonds. The molecule has 2 aliphatic carbocycles. The maximum Gasteiger partial charge on any atom is 0.303 e. The smallest absolute Gasteiger partial charge is 0.303 e. The topological polar surface area (TPSA) is 57.5 Å². The fraction of sp³-hybridized carbons (Fsp3) is 0.950. The first kappa shape index (κ1) is 18.8. The first-order chi connectivity index (χ1) is 10.9. The van der Waals surface area contributed by atoms with E-state index in [1.54, 1.807) is 0 Å². The normalized spacial score (nSPS) is 21.8. The van der Waals surface area contributed by atoms with Gasteiger partial charge in [-0.25, -0.2) is 0 Å². The van der Waals surface area contributed by atoms with Crippen molar-refractivity contribution in [3.63, 3.8) is 0 Å². The van der Waals surface area contributed by atoms with Crippen LogP contribution < -0.4 is 0 Å². The molecule has 0 heterocycles. The zero-order chi connectivity index (χ0) is 16.8. The Hall–Kier alpha value is -0.570. The van der Waals surface area contributed by atoms with E-state index in [1.807, 2.05) is 0 Å². The van der Waals surface area contributed by atoms with Crippen LogP contribution in [0.15, 0.2) is 0 Å². The molecule has 2 saturated carbocycles. The van der Waals surface area contributed by atoms with Crippen molar-refractivity contribution in [2.24, 2.45) is 10.8 Å². The minimum Gasteiger partial charge on any atom is -0.481 e. The molecule has 1 atom stereocenters. The first-order valence-corrected chi connectivity index (χ1v) is 9.83. The Morgan fingerprint density at radius 3 is 1.96 bits per heavy atom. The highest BCUT2D eigenvalue weighted by molar-refractivity contribution is 5.68. The highest BCUT2D eigenvalue weighted by Crippen LogP contribution is 2.52. The Morgan fingerprint density at radius 1 is 0.913 bits per heavy atom. The van der Waals surface area contributed by atoms with E-state index in [0.29, 0.717) is 11.8 Å². The number of carboxylic acid groups (broad SMARTS) is 1. The van der Waals surface area contributed by atoms with E-state index >= 15 is 0 Å². The lowest BCUT2D eigenvalue weighted by atomic mass is 9.94. The quantitative estimate of drug-likeness (QED) is 0.426. The molecule has 3 heteroatoms. The summed E-state index contributed by atoms with van der Waals surface area (Å²) in [6.07, 6.45) is 16.7. The molecule has 134 valence electrons. The average molecular weight is 325 g/mol. The van der Waals surface area contributed by atoms with E-state index in [-0.39, 0.29) is 11.5 Å². The van der Waals surface area contributed by atoms with Crippen LogP contribution in [0.25, 0.3) is 0 Å². The third-order valence-electron chi connectivity index (χ3n) is 6.15. The minimum absolute atomic E-state index is 0.125. The lowest BCUT2D eigenvalue weighted by Gasteiger charge is -2.13. The number of hydrogen-bond acceptors (Lipinski definition) is 2. The summed E-state index contributed by atoms with van der Waals surface area (Å²) >= 11 is 0. The monoisotopic (exact) mass is 324 g/mol. The minimum atomic E-state index is -0.645. The van der Waals surface area contributed by atoms with Gasteiger partial charge >= 0.3 is 5.97 Å². The first-order valence-electron chi connectivity index (χ1n) is 9.83. The maximum atomic E-state index is 10.8. The molecule has 2 rings (SSSR count). The van der Waals surface area contributed by atoms with Gasteiger partial charge in [-0.15, -0.1) is 0 Å². The largest absolute Gasteiger partial charge is 0.481 e. The number of aliphatic hydroxyl groups excluding tert-OH is 1. The molecule has 0 aromatic heterocycles. The Bertz CT molecular complexity index is 369. The molecule has 0 aromatic carbocycles. The third-order valence-corrected chi connectivity index (χ3v) is 6.15. The standard InChI is InChI=1S/C20H36O3/c1-19(12-13-19)10-6-2-4-8-17(21)9-5-3-7-11-20(14-15-20)16-18(22)23/h17,21H,2-16H2,1H3,(H,22,23).